The Kier molecular flexibility index (Phi) is 3.88. The van der Waals surface area contributed by atoms with Gasteiger partial charge >= 0.3 is 0 Å². The van der Waals surface area contributed by atoms with Gasteiger partial charge in [0.25, 0.3) is 5.44 Å². The van der Waals surface area contributed by atoms with E-state index in [-0.39, 0.29) is 0 Å². The summed E-state index contributed by atoms with van der Waals surface area (Å²) in [6, 6.07) is 9.18. The van der Waals surface area contributed by atoms with Gasteiger partial charge in [-0.25, -0.2) is 0 Å². The van der Waals surface area contributed by atoms with E-state index in [1.54, 1.807) is 17.6 Å². The molecule has 0 fully saturated rings. The molecule has 0 spiro atoms. The molecule has 1 aromatic rings. The maximum absolute atomic E-state index is 10.6. The number of thioether (sulfide) groups is 1. The molecule has 1 atom stereocenters. The Morgan fingerprint density at radius 3 is 2.47 bits per heavy atom. The number of hydrogen-bond donors (Lipinski definition) is 0. The number of allylic oxidation sites excluding steroid dienone is 2. The lowest BCUT2D eigenvalue weighted by Crippen LogP contribution is -2.62. The molecule has 0 amide bonds. The van der Waals surface area contributed by atoms with Gasteiger partial charge in [-0.1, -0.05) is 54.2 Å². The second-order valence-electron chi connectivity index (χ2n) is 3.25. The van der Waals surface area contributed by atoms with E-state index >= 15 is 0 Å². The van der Waals surface area contributed by atoms with Crippen molar-refractivity contribution in [1.82, 2.24) is 0 Å². The Morgan fingerprint density at radius 2 is 1.82 bits per heavy atom. The predicted molar refractivity (Wildman–Crippen MR) is 56.0 cm³/mol. The van der Waals surface area contributed by atoms with Crippen LogP contribution < -0.4 is 14.0 Å². The monoisotopic (exact) mass is 272 g/mol. The van der Waals surface area contributed by atoms with Crippen LogP contribution >= 0.6 is 11.8 Å². The maximum atomic E-state index is 10.6. The van der Waals surface area contributed by atoms with Crippen molar-refractivity contribution in [2.75, 3.05) is 0 Å². The molecule has 0 aliphatic carbocycles. The highest BCUT2D eigenvalue weighted by atomic mass is 35.7. The van der Waals surface area contributed by atoms with Gasteiger partial charge in [-0.15, -0.1) is 0 Å². The van der Waals surface area contributed by atoms with Crippen molar-refractivity contribution in [2.24, 2.45) is 0 Å². The molecule has 0 saturated carbocycles. The molecule has 1 aliphatic heterocycles. The number of hydrogen-bond acceptors (Lipinski definition) is 5. The van der Waals surface area contributed by atoms with Crippen LogP contribution in [0.3, 0.4) is 0 Å². The van der Waals surface area contributed by atoms with E-state index in [1.165, 1.54) is 0 Å². The van der Waals surface area contributed by atoms with Crippen molar-refractivity contribution in [2.45, 2.75) is 5.44 Å². The minimum Gasteiger partial charge on any atom is -0.183 e. The van der Waals surface area contributed by atoms with Crippen LogP contribution in [0.15, 0.2) is 47.9 Å². The van der Waals surface area contributed by atoms with Gasteiger partial charge < -0.3 is 0 Å². The quantitative estimate of drug-likeness (QED) is 0.746. The zero-order valence-corrected chi connectivity index (χ0v) is 10.2. The summed E-state index contributed by atoms with van der Waals surface area (Å²) in [6.45, 7) is 0. The van der Waals surface area contributed by atoms with Crippen LogP contribution in [-0.2, 0) is 4.29 Å². The van der Waals surface area contributed by atoms with Crippen LogP contribution in [-0.4, -0.2) is 5.44 Å². The molecule has 0 radical (unpaired) electrons. The first-order valence-electron chi connectivity index (χ1n) is 4.73. The molecule has 0 bridgehead atoms. The molecule has 1 aliphatic rings. The molecular formula is C11H9ClO4S. The molecule has 0 aromatic heterocycles. The molecule has 90 valence electrons. The molecule has 4 nitrogen and oxygen atoms in total. The molecule has 6 heteroatoms. The highest BCUT2D eigenvalue weighted by Gasteiger charge is 2.33. The fourth-order valence-electron chi connectivity index (χ4n) is 1.44. The Labute approximate surface area is 105 Å². The predicted octanol–water partition coefficient (Wildman–Crippen LogP) is -0.429. The van der Waals surface area contributed by atoms with Crippen molar-refractivity contribution < 1.29 is 28.5 Å². The second kappa shape index (κ2) is 5.22. The number of rotatable bonds is 3. The van der Waals surface area contributed by atoms with Crippen molar-refractivity contribution in [3.63, 3.8) is 0 Å². The summed E-state index contributed by atoms with van der Waals surface area (Å²) >= 11 is 1.14. The topological polar surface area (TPSA) is 78.4 Å². The lowest BCUT2D eigenvalue weighted by molar-refractivity contribution is -1.92. The highest BCUT2D eigenvalue weighted by Crippen LogP contribution is 2.33. The van der Waals surface area contributed by atoms with Crippen LogP contribution in [0.25, 0.3) is 5.57 Å². The summed E-state index contributed by atoms with van der Waals surface area (Å²) in [5.41, 5.74) is 0.657. The first kappa shape index (κ1) is 12.6. The van der Waals surface area contributed by atoms with Gasteiger partial charge in [-0.05, 0) is 11.0 Å². The lowest BCUT2D eigenvalue weighted by Gasteiger charge is -2.20. The maximum Gasteiger partial charge on any atom is 0.288 e. The van der Waals surface area contributed by atoms with Gasteiger partial charge in [0.2, 0.25) is 0 Å². The van der Waals surface area contributed by atoms with Crippen molar-refractivity contribution in [3.05, 3.63) is 53.5 Å². The zero-order chi connectivity index (χ0) is 12.3. The first-order valence-corrected chi connectivity index (χ1v) is 6.91. The standard InChI is InChI=1S/C11H9ClO4S/c13-12(14,15)16-11-10(7-4-8-17-11)9-5-2-1-3-6-9/h1-8,11H. The third-order valence-corrected chi connectivity index (χ3v) is 3.52. The van der Waals surface area contributed by atoms with Gasteiger partial charge in [0.15, 0.2) is 0 Å². The van der Waals surface area contributed by atoms with Crippen LogP contribution in [0.4, 0.5) is 0 Å². The van der Waals surface area contributed by atoms with Gasteiger partial charge in [0.1, 0.15) is 0 Å². The normalized spacial score (nSPS) is 20.2. The Hall–Kier alpha value is -0.820. The van der Waals surface area contributed by atoms with Crippen LogP contribution in [0.5, 0.6) is 0 Å². The zero-order valence-electron chi connectivity index (χ0n) is 8.62. The van der Waals surface area contributed by atoms with Gasteiger partial charge in [-0.2, -0.15) is 14.0 Å². The van der Waals surface area contributed by atoms with Gasteiger partial charge in [0.05, 0.1) is 14.5 Å². The van der Waals surface area contributed by atoms with Gasteiger partial charge in [0, 0.05) is 5.57 Å². The summed E-state index contributed by atoms with van der Waals surface area (Å²) in [6.07, 6.45) is 3.51. The molecule has 1 unspecified atom stereocenters. The molecule has 2 rings (SSSR count). The van der Waals surface area contributed by atoms with E-state index in [4.69, 9.17) is 0 Å². The first-order chi connectivity index (χ1) is 8.06. The summed E-state index contributed by atoms with van der Waals surface area (Å²) in [5.74, 6) is 0. The summed E-state index contributed by atoms with van der Waals surface area (Å²) in [7, 11) is -4.43. The Balaban J connectivity index is 2.24. The summed E-state index contributed by atoms with van der Waals surface area (Å²) < 4.78 is 36.3. The van der Waals surface area contributed by atoms with Crippen molar-refractivity contribution in [1.29, 1.82) is 0 Å². The minimum atomic E-state index is -4.43. The van der Waals surface area contributed by atoms with E-state index in [0.717, 1.165) is 17.3 Å². The van der Waals surface area contributed by atoms with E-state index < -0.39 is 15.7 Å². The van der Waals surface area contributed by atoms with Crippen LogP contribution in [0.2, 0.25) is 0 Å². The second-order valence-corrected chi connectivity index (χ2v) is 5.16. The molecule has 1 heterocycles. The van der Waals surface area contributed by atoms with Crippen molar-refractivity contribution >= 4 is 17.3 Å². The van der Waals surface area contributed by atoms with Gasteiger partial charge in [-0.3, -0.25) is 0 Å². The van der Waals surface area contributed by atoms with Crippen LogP contribution in [0.1, 0.15) is 5.56 Å². The SMILES string of the molecule is [O-][Cl+3]([O-])([O-])OC1SC=CC=C1c1ccccc1. The molecular weight excluding hydrogens is 264 g/mol. The number of halogens is 1. The smallest absolute Gasteiger partial charge is 0.183 e. The molecule has 1 aromatic carbocycles. The Morgan fingerprint density at radius 1 is 1.12 bits per heavy atom. The number of benzene rings is 1. The third-order valence-electron chi connectivity index (χ3n) is 2.11. The summed E-state index contributed by atoms with van der Waals surface area (Å²) in [5, 5.41) is 1.68. The van der Waals surface area contributed by atoms with E-state index in [1.807, 2.05) is 30.3 Å². The van der Waals surface area contributed by atoms with E-state index in [2.05, 4.69) is 4.29 Å². The largest absolute Gasteiger partial charge is 0.288 e. The Bertz CT molecular complexity index is 439. The average Bonchev–Trinajstić information content (AvgIpc) is 2.29. The average molecular weight is 273 g/mol. The van der Waals surface area contributed by atoms with Crippen molar-refractivity contribution in [3.8, 4) is 0 Å². The van der Waals surface area contributed by atoms with Crippen LogP contribution in [0, 0.1) is 10.2 Å². The molecule has 17 heavy (non-hydrogen) atoms. The molecule has 0 N–H and O–H groups in total. The molecule has 0 saturated heterocycles. The summed E-state index contributed by atoms with van der Waals surface area (Å²) in [4.78, 5) is 0. The third kappa shape index (κ3) is 3.57. The lowest BCUT2D eigenvalue weighted by atomic mass is 10.1. The fraction of sp³-hybridized carbons (Fsp3) is 0.0909. The van der Waals surface area contributed by atoms with E-state index in [9.17, 15) is 14.0 Å². The highest BCUT2D eigenvalue weighted by molar-refractivity contribution is 8.03. The minimum absolute atomic E-state index is 0.657. The van der Waals surface area contributed by atoms with E-state index in [0.29, 0.717) is 5.57 Å². The fourth-order valence-corrected chi connectivity index (χ4v) is 2.85.